The first-order chi connectivity index (χ1) is 10.6. The molecule has 0 bridgehead atoms. The van der Waals surface area contributed by atoms with E-state index in [1.807, 2.05) is 55.4 Å². The number of amides is 2. The molecule has 0 unspecified atom stereocenters. The first-order valence-electron chi connectivity index (χ1n) is 7.43. The molecule has 0 aliphatic carbocycles. The Hall–Kier alpha value is -2.49. The highest BCUT2D eigenvalue weighted by Crippen LogP contribution is 2.17. The zero-order valence-corrected chi connectivity index (χ0v) is 13.4. The van der Waals surface area contributed by atoms with E-state index in [4.69, 9.17) is 0 Å². The first-order valence-corrected chi connectivity index (χ1v) is 7.43. The van der Waals surface area contributed by atoms with Crippen molar-refractivity contribution in [3.8, 4) is 0 Å². The van der Waals surface area contributed by atoms with Gasteiger partial charge >= 0.3 is 6.03 Å². The van der Waals surface area contributed by atoms with E-state index in [0.29, 0.717) is 6.54 Å². The quantitative estimate of drug-likeness (QED) is 0.888. The molecule has 2 N–H and O–H groups in total. The third-order valence-electron chi connectivity index (χ3n) is 3.56. The van der Waals surface area contributed by atoms with Crippen LogP contribution in [0.15, 0.2) is 48.5 Å². The summed E-state index contributed by atoms with van der Waals surface area (Å²) >= 11 is 0. The molecule has 2 rings (SSSR count). The lowest BCUT2D eigenvalue weighted by Crippen LogP contribution is -2.30. The van der Waals surface area contributed by atoms with Crippen LogP contribution in [0.3, 0.4) is 0 Å². The average Bonchev–Trinajstić information content (AvgIpc) is 2.49. The number of hydrogen-bond acceptors (Lipinski definition) is 2. The Bertz CT molecular complexity index is 638. The number of anilines is 2. The van der Waals surface area contributed by atoms with Crippen molar-refractivity contribution in [3.05, 3.63) is 59.7 Å². The summed E-state index contributed by atoms with van der Waals surface area (Å²) in [6, 6.07) is 15.8. The summed E-state index contributed by atoms with van der Waals surface area (Å²) in [6.07, 6.45) is 0.831. The van der Waals surface area contributed by atoms with Crippen molar-refractivity contribution >= 4 is 17.4 Å². The average molecular weight is 297 g/mol. The highest BCUT2D eigenvalue weighted by molar-refractivity contribution is 5.89. The number of aryl methyl sites for hydroxylation is 1. The van der Waals surface area contributed by atoms with Crippen molar-refractivity contribution in [2.45, 2.75) is 13.3 Å². The Morgan fingerprint density at radius 3 is 2.59 bits per heavy atom. The van der Waals surface area contributed by atoms with Crippen LogP contribution in [-0.4, -0.2) is 26.7 Å². The number of hydrogen-bond donors (Lipinski definition) is 2. The number of benzene rings is 2. The van der Waals surface area contributed by atoms with Gasteiger partial charge in [0.25, 0.3) is 0 Å². The molecule has 0 fully saturated rings. The molecule has 2 aromatic carbocycles. The van der Waals surface area contributed by atoms with Gasteiger partial charge in [-0.3, -0.25) is 0 Å². The SMILES string of the molecule is Cc1ccccc1CCNC(=O)Nc1cccc(N(C)C)c1. The van der Waals surface area contributed by atoms with E-state index in [2.05, 4.69) is 29.7 Å². The van der Waals surface area contributed by atoms with E-state index in [9.17, 15) is 4.79 Å². The molecule has 0 heterocycles. The zero-order valence-electron chi connectivity index (χ0n) is 13.4. The van der Waals surface area contributed by atoms with E-state index in [-0.39, 0.29) is 6.03 Å². The van der Waals surface area contributed by atoms with Gasteiger partial charge in [-0.2, -0.15) is 0 Å². The molecule has 4 nitrogen and oxygen atoms in total. The molecule has 0 spiro atoms. The Balaban J connectivity index is 1.83. The van der Waals surface area contributed by atoms with Gasteiger partial charge in [0.1, 0.15) is 0 Å². The second kappa shape index (κ2) is 7.50. The molecule has 0 aliphatic heterocycles. The molecule has 0 aromatic heterocycles. The zero-order chi connectivity index (χ0) is 15.9. The molecule has 0 saturated heterocycles. The molecular formula is C18H23N3O. The molecule has 116 valence electrons. The molecule has 0 radical (unpaired) electrons. The summed E-state index contributed by atoms with van der Waals surface area (Å²) in [5.41, 5.74) is 4.36. The molecule has 2 aromatic rings. The van der Waals surface area contributed by atoms with Crippen molar-refractivity contribution in [2.24, 2.45) is 0 Å². The van der Waals surface area contributed by atoms with Crippen molar-refractivity contribution in [1.82, 2.24) is 5.32 Å². The van der Waals surface area contributed by atoms with E-state index in [0.717, 1.165) is 17.8 Å². The summed E-state index contributed by atoms with van der Waals surface area (Å²) < 4.78 is 0. The van der Waals surface area contributed by atoms with E-state index in [1.165, 1.54) is 11.1 Å². The van der Waals surface area contributed by atoms with Crippen LogP contribution in [0.1, 0.15) is 11.1 Å². The predicted molar refractivity (Wildman–Crippen MR) is 92.7 cm³/mol. The van der Waals surface area contributed by atoms with Crippen LogP contribution in [0.2, 0.25) is 0 Å². The van der Waals surface area contributed by atoms with Crippen LogP contribution in [0.5, 0.6) is 0 Å². The third-order valence-corrected chi connectivity index (χ3v) is 3.56. The maximum absolute atomic E-state index is 11.9. The Labute approximate surface area is 132 Å². The van der Waals surface area contributed by atoms with Crippen LogP contribution in [-0.2, 0) is 6.42 Å². The van der Waals surface area contributed by atoms with Gasteiger partial charge in [0.2, 0.25) is 0 Å². The van der Waals surface area contributed by atoms with E-state index >= 15 is 0 Å². The van der Waals surface area contributed by atoms with Crippen LogP contribution < -0.4 is 15.5 Å². The molecule has 2 amide bonds. The van der Waals surface area contributed by atoms with Crippen LogP contribution in [0, 0.1) is 6.92 Å². The lowest BCUT2D eigenvalue weighted by atomic mass is 10.1. The fourth-order valence-electron chi connectivity index (χ4n) is 2.24. The molecule has 0 atom stereocenters. The van der Waals surface area contributed by atoms with Gasteiger partial charge in [-0.05, 0) is 42.7 Å². The van der Waals surface area contributed by atoms with Crippen LogP contribution >= 0.6 is 0 Å². The highest BCUT2D eigenvalue weighted by atomic mass is 16.2. The standard InChI is InChI=1S/C18H23N3O/c1-14-7-4-5-8-15(14)11-12-19-18(22)20-16-9-6-10-17(13-16)21(2)3/h4-10,13H,11-12H2,1-3H3,(H2,19,20,22). The second-order valence-corrected chi connectivity index (χ2v) is 5.50. The maximum atomic E-state index is 11.9. The lowest BCUT2D eigenvalue weighted by molar-refractivity contribution is 0.252. The summed E-state index contributed by atoms with van der Waals surface area (Å²) in [5, 5.41) is 5.75. The van der Waals surface area contributed by atoms with Gasteiger partial charge < -0.3 is 15.5 Å². The van der Waals surface area contributed by atoms with Crippen molar-refractivity contribution in [1.29, 1.82) is 0 Å². The largest absolute Gasteiger partial charge is 0.378 e. The lowest BCUT2D eigenvalue weighted by Gasteiger charge is -2.14. The van der Waals surface area contributed by atoms with Crippen molar-refractivity contribution < 1.29 is 4.79 Å². The topological polar surface area (TPSA) is 44.4 Å². The van der Waals surface area contributed by atoms with Crippen molar-refractivity contribution in [2.75, 3.05) is 30.9 Å². The Kier molecular flexibility index (Phi) is 5.42. The smallest absolute Gasteiger partial charge is 0.319 e. The number of carbonyl (C=O) groups excluding carboxylic acids is 1. The summed E-state index contributed by atoms with van der Waals surface area (Å²) in [6.45, 7) is 2.70. The fraction of sp³-hybridized carbons (Fsp3) is 0.278. The normalized spacial score (nSPS) is 10.1. The van der Waals surface area contributed by atoms with Crippen LogP contribution in [0.4, 0.5) is 16.2 Å². The van der Waals surface area contributed by atoms with Gasteiger partial charge in [0.15, 0.2) is 0 Å². The van der Waals surface area contributed by atoms with E-state index < -0.39 is 0 Å². The highest BCUT2D eigenvalue weighted by Gasteiger charge is 2.03. The summed E-state index contributed by atoms with van der Waals surface area (Å²) in [4.78, 5) is 13.9. The minimum Gasteiger partial charge on any atom is -0.378 e. The molecule has 4 heteroatoms. The van der Waals surface area contributed by atoms with Crippen molar-refractivity contribution in [3.63, 3.8) is 0 Å². The van der Waals surface area contributed by atoms with Gasteiger partial charge in [-0.1, -0.05) is 30.3 Å². The Morgan fingerprint density at radius 2 is 1.86 bits per heavy atom. The number of rotatable bonds is 5. The Morgan fingerprint density at radius 1 is 1.09 bits per heavy atom. The summed E-state index contributed by atoms with van der Waals surface area (Å²) in [7, 11) is 3.95. The number of nitrogens with one attached hydrogen (secondary N) is 2. The molecule has 0 saturated carbocycles. The molecule has 22 heavy (non-hydrogen) atoms. The molecular weight excluding hydrogens is 274 g/mol. The third kappa shape index (κ3) is 4.52. The minimum absolute atomic E-state index is 0.176. The van der Waals surface area contributed by atoms with E-state index in [1.54, 1.807) is 0 Å². The number of urea groups is 1. The van der Waals surface area contributed by atoms with Gasteiger partial charge in [-0.15, -0.1) is 0 Å². The number of nitrogens with zero attached hydrogens (tertiary/aromatic N) is 1. The monoisotopic (exact) mass is 297 g/mol. The maximum Gasteiger partial charge on any atom is 0.319 e. The summed E-state index contributed by atoms with van der Waals surface area (Å²) in [5.74, 6) is 0. The predicted octanol–water partition coefficient (Wildman–Crippen LogP) is 3.43. The van der Waals surface area contributed by atoms with Gasteiger partial charge in [-0.25, -0.2) is 4.79 Å². The number of carbonyl (C=O) groups is 1. The minimum atomic E-state index is -0.176. The second-order valence-electron chi connectivity index (χ2n) is 5.50. The first kappa shape index (κ1) is 15.9. The van der Waals surface area contributed by atoms with Gasteiger partial charge in [0, 0.05) is 32.0 Å². The molecule has 0 aliphatic rings. The fourth-order valence-corrected chi connectivity index (χ4v) is 2.24. The van der Waals surface area contributed by atoms with Crippen LogP contribution in [0.25, 0.3) is 0 Å². The van der Waals surface area contributed by atoms with Gasteiger partial charge in [0.05, 0.1) is 0 Å².